The van der Waals surface area contributed by atoms with Crippen LogP contribution in [0.15, 0.2) is 32.9 Å². The fourth-order valence-electron chi connectivity index (χ4n) is 1.85. The van der Waals surface area contributed by atoms with Crippen molar-refractivity contribution < 1.29 is 9.18 Å². The van der Waals surface area contributed by atoms with Crippen LogP contribution in [0.2, 0.25) is 0 Å². The van der Waals surface area contributed by atoms with Crippen LogP contribution in [0.3, 0.4) is 0 Å². The smallest absolute Gasteiger partial charge is 0.237 e. The first-order valence-electron chi connectivity index (χ1n) is 7.16. The molecule has 0 aliphatic carbocycles. The Morgan fingerprint density at radius 3 is 2.71 bits per heavy atom. The third kappa shape index (κ3) is 5.19. The number of nitrogens with zero attached hydrogens (tertiary/aromatic N) is 4. The van der Waals surface area contributed by atoms with Gasteiger partial charge in [-0.25, -0.2) is 4.39 Å². The first-order chi connectivity index (χ1) is 11.7. The first kappa shape index (κ1) is 18.7. The molecule has 0 saturated carbocycles. The van der Waals surface area contributed by atoms with Gasteiger partial charge in [-0.05, 0) is 17.9 Å². The van der Waals surface area contributed by atoms with Crippen molar-refractivity contribution in [2.24, 2.45) is 0 Å². The van der Waals surface area contributed by atoms with Crippen molar-refractivity contribution in [1.29, 1.82) is 5.26 Å². The Bertz CT molecular complexity index is 732. The normalized spacial score (nSPS) is 10.4. The number of para-hydroxylation sites is 1. The molecule has 0 bridgehead atoms. The second-order valence-corrected chi connectivity index (χ2v) is 8.17. The molecule has 1 heterocycles. The van der Waals surface area contributed by atoms with Crippen LogP contribution < -0.4 is 4.90 Å². The molecule has 0 aliphatic heterocycles. The molecule has 0 unspecified atom stereocenters. The lowest BCUT2D eigenvalue weighted by Crippen LogP contribution is -2.34. The Balaban J connectivity index is 2.04. The van der Waals surface area contributed by atoms with E-state index in [9.17, 15) is 9.18 Å². The van der Waals surface area contributed by atoms with Gasteiger partial charge in [-0.2, -0.15) is 5.26 Å². The second kappa shape index (κ2) is 9.61. The van der Waals surface area contributed by atoms with Crippen molar-refractivity contribution in [3.8, 4) is 6.07 Å². The van der Waals surface area contributed by atoms with E-state index < -0.39 is 5.82 Å². The number of hydrogen-bond donors (Lipinski definition) is 0. The summed E-state index contributed by atoms with van der Waals surface area (Å²) in [5.41, 5.74) is 0.192. The second-order valence-electron chi connectivity index (χ2n) is 4.46. The van der Waals surface area contributed by atoms with Crippen LogP contribution in [-0.4, -0.2) is 34.2 Å². The lowest BCUT2D eigenvalue weighted by Gasteiger charge is -2.21. The van der Waals surface area contributed by atoms with Crippen molar-refractivity contribution in [1.82, 2.24) is 10.2 Å². The number of thioether (sulfide) groups is 2. The summed E-state index contributed by atoms with van der Waals surface area (Å²) in [6, 6.07) is 8.05. The molecule has 126 valence electrons. The van der Waals surface area contributed by atoms with Gasteiger partial charge >= 0.3 is 0 Å². The molecule has 9 heteroatoms. The van der Waals surface area contributed by atoms with Gasteiger partial charge < -0.3 is 4.90 Å². The highest BCUT2D eigenvalue weighted by Crippen LogP contribution is 2.29. The summed E-state index contributed by atoms with van der Waals surface area (Å²) in [5.74, 6) is 0.283. The van der Waals surface area contributed by atoms with Gasteiger partial charge in [-0.3, -0.25) is 4.79 Å². The average Bonchev–Trinajstić information content (AvgIpc) is 3.03. The molecule has 0 saturated heterocycles. The molecule has 2 rings (SSSR count). The van der Waals surface area contributed by atoms with Crippen molar-refractivity contribution in [3.63, 3.8) is 0 Å². The molecule has 1 aromatic heterocycles. The molecule has 0 atom stereocenters. The van der Waals surface area contributed by atoms with Crippen LogP contribution in [0.5, 0.6) is 0 Å². The molecule has 0 spiro atoms. The van der Waals surface area contributed by atoms with Gasteiger partial charge in [-0.15, -0.1) is 10.2 Å². The maximum absolute atomic E-state index is 14.0. The highest BCUT2D eigenvalue weighted by Gasteiger charge is 2.19. The van der Waals surface area contributed by atoms with Crippen LogP contribution >= 0.6 is 34.9 Å². The van der Waals surface area contributed by atoms with Gasteiger partial charge in [0.1, 0.15) is 5.82 Å². The number of halogens is 1. The lowest BCUT2D eigenvalue weighted by molar-refractivity contribution is -0.116. The van der Waals surface area contributed by atoms with Gasteiger partial charge in [0.15, 0.2) is 8.68 Å². The number of nitriles is 1. The van der Waals surface area contributed by atoms with Crippen molar-refractivity contribution in [3.05, 3.63) is 30.1 Å². The summed E-state index contributed by atoms with van der Waals surface area (Å²) in [6.45, 7) is 2.19. The molecule has 1 aromatic carbocycles. The van der Waals surface area contributed by atoms with E-state index in [0.29, 0.717) is 4.34 Å². The summed E-state index contributed by atoms with van der Waals surface area (Å²) in [5, 5.41) is 16.8. The van der Waals surface area contributed by atoms with E-state index in [1.807, 2.05) is 13.0 Å². The monoisotopic (exact) mass is 382 g/mol. The van der Waals surface area contributed by atoms with E-state index in [4.69, 9.17) is 5.26 Å². The predicted octanol–water partition coefficient (Wildman–Crippen LogP) is 3.83. The minimum Gasteiger partial charge on any atom is -0.308 e. The summed E-state index contributed by atoms with van der Waals surface area (Å²) < 4.78 is 15.5. The maximum atomic E-state index is 14.0. The quantitative estimate of drug-likeness (QED) is 0.646. The fourth-order valence-corrected chi connectivity index (χ4v) is 4.64. The summed E-state index contributed by atoms with van der Waals surface area (Å²) in [7, 11) is 0. The third-order valence-corrected chi connectivity index (χ3v) is 5.92. The molecule has 24 heavy (non-hydrogen) atoms. The molecule has 0 N–H and O–H groups in total. The van der Waals surface area contributed by atoms with Gasteiger partial charge in [0.05, 0.1) is 23.9 Å². The Kier molecular flexibility index (Phi) is 7.49. The minimum atomic E-state index is -0.480. The summed E-state index contributed by atoms with van der Waals surface area (Å²) >= 11 is 4.30. The van der Waals surface area contributed by atoms with Gasteiger partial charge in [0, 0.05) is 6.54 Å². The number of rotatable bonds is 8. The lowest BCUT2D eigenvalue weighted by atomic mass is 10.2. The van der Waals surface area contributed by atoms with Gasteiger partial charge in [0.2, 0.25) is 5.91 Å². The highest BCUT2D eigenvalue weighted by atomic mass is 32.2. The number of benzene rings is 1. The van der Waals surface area contributed by atoms with Crippen LogP contribution in [0.4, 0.5) is 10.1 Å². The molecule has 2 aromatic rings. The molecular formula is C15H15FN4OS3. The maximum Gasteiger partial charge on any atom is 0.237 e. The zero-order valence-electron chi connectivity index (χ0n) is 12.9. The zero-order valence-corrected chi connectivity index (χ0v) is 15.4. The van der Waals surface area contributed by atoms with E-state index in [2.05, 4.69) is 10.2 Å². The van der Waals surface area contributed by atoms with Crippen LogP contribution in [0.1, 0.15) is 13.3 Å². The summed E-state index contributed by atoms with van der Waals surface area (Å²) in [4.78, 5) is 13.8. The van der Waals surface area contributed by atoms with E-state index in [0.717, 1.165) is 10.1 Å². The Labute approximate surface area is 152 Å². The standard InChI is InChI=1S/C15H15FN4OS3/c1-2-22-14-18-19-15(24-14)23-10-13(21)20(9-5-8-17)12-7-4-3-6-11(12)16/h3-4,6-7H,2,5,9-10H2,1H3. The minimum absolute atomic E-state index is 0.116. The Morgan fingerprint density at radius 2 is 2.04 bits per heavy atom. The van der Waals surface area contributed by atoms with Crippen LogP contribution in [0.25, 0.3) is 0 Å². The number of amides is 1. The molecule has 0 radical (unpaired) electrons. The molecule has 1 amide bonds. The van der Waals surface area contributed by atoms with Crippen LogP contribution in [0, 0.1) is 17.1 Å². The number of carbonyl (C=O) groups excluding carboxylic acids is 1. The zero-order chi connectivity index (χ0) is 17.4. The largest absolute Gasteiger partial charge is 0.308 e. The molecular weight excluding hydrogens is 367 g/mol. The first-order valence-corrected chi connectivity index (χ1v) is 9.95. The number of anilines is 1. The number of aromatic nitrogens is 2. The molecule has 0 fully saturated rings. The Morgan fingerprint density at radius 1 is 1.33 bits per heavy atom. The summed E-state index contributed by atoms with van der Waals surface area (Å²) in [6.07, 6.45) is 0.140. The van der Waals surface area contributed by atoms with Crippen LogP contribution in [-0.2, 0) is 4.79 Å². The number of hydrogen-bond acceptors (Lipinski definition) is 7. The van der Waals surface area contributed by atoms with Gasteiger partial charge in [-0.1, -0.05) is 53.9 Å². The highest BCUT2D eigenvalue weighted by molar-refractivity contribution is 8.03. The Hall–Kier alpha value is -1.63. The van der Waals surface area contributed by atoms with E-state index in [1.54, 1.807) is 23.9 Å². The van der Waals surface area contributed by atoms with Crippen molar-refractivity contribution in [2.75, 3.05) is 23.0 Å². The van der Waals surface area contributed by atoms with E-state index >= 15 is 0 Å². The third-order valence-electron chi connectivity index (χ3n) is 2.87. The molecule has 5 nitrogen and oxygen atoms in total. The van der Waals surface area contributed by atoms with Crippen molar-refractivity contribution in [2.45, 2.75) is 22.0 Å². The molecule has 0 aliphatic rings. The SMILES string of the molecule is CCSc1nnc(SCC(=O)N(CCC#N)c2ccccc2F)s1. The van der Waals surface area contributed by atoms with Crippen molar-refractivity contribution >= 4 is 46.5 Å². The van der Waals surface area contributed by atoms with E-state index in [-0.39, 0.29) is 30.3 Å². The topological polar surface area (TPSA) is 69.9 Å². The van der Waals surface area contributed by atoms with E-state index in [1.165, 1.54) is 40.1 Å². The fraction of sp³-hybridized carbons (Fsp3) is 0.333. The average molecular weight is 383 g/mol. The van der Waals surface area contributed by atoms with Gasteiger partial charge in [0.25, 0.3) is 0 Å². The number of carbonyl (C=O) groups is 1. The predicted molar refractivity (Wildman–Crippen MR) is 96.0 cm³/mol.